The zero-order chi connectivity index (χ0) is 21.4. The number of hydrogen-bond donors (Lipinski definition) is 5. The van der Waals surface area contributed by atoms with Gasteiger partial charge < -0.3 is 40.2 Å². The smallest absolute Gasteiger partial charge is 0.303 e. The van der Waals surface area contributed by atoms with Gasteiger partial charge in [0.1, 0.15) is 24.4 Å². The summed E-state index contributed by atoms with van der Waals surface area (Å²) in [4.78, 5) is 35.2. The van der Waals surface area contributed by atoms with Crippen molar-refractivity contribution < 1.29 is 43.9 Å². The number of carbonyl (C=O) groups is 3. The Labute approximate surface area is 163 Å². The quantitative estimate of drug-likeness (QED) is 0.264. The van der Waals surface area contributed by atoms with Crippen LogP contribution in [0, 0.1) is 5.92 Å². The Morgan fingerprint density at radius 1 is 1.14 bits per heavy atom. The molecular weight excluding hydrogens is 376 g/mol. The minimum absolute atomic E-state index is 0.338. The third kappa shape index (κ3) is 6.67. The molecule has 1 aliphatic rings. The number of hydrogen-bond acceptors (Lipinski definition) is 9. The van der Waals surface area contributed by atoms with Crippen LogP contribution in [0.4, 0.5) is 0 Å². The van der Waals surface area contributed by atoms with Crippen LogP contribution in [0.3, 0.4) is 0 Å². The first-order valence-electron chi connectivity index (χ1n) is 9.11. The van der Waals surface area contributed by atoms with Gasteiger partial charge in [-0.2, -0.15) is 0 Å². The van der Waals surface area contributed by atoms with Crippen molar-refractivity contribution in [3.63, 3.8) is 0 Å². The fraction of sp³-hybridized carbons (Fsp3) is 0.824. The highest BCUT2D eigenvalue weighted by Crippen LogP contribution is 2.24. The highest BCUT2D eigenvalue weighted by molar-refractivity contribution is 5.88. The fourth-order valence-electron chi connectivity index (χ4n) is 2.54. The lowest BCUT2D eigenvalue weighted by molar-refractivity contribution is -0.303. The van der Waals surface area contributed by atoms with Crippen molar-refractivity contribution >= 4 is 17.8 Å². The summed E-state index contributed by atoms with van der Waals surface area (Å²) in [5, 5.41) is 34.9. The van der Waals surface area contributed by atoms with Gasteiger partial charge in [0.25, 0.3) is 0 Å². The van der Waals surface area contributed by atoms with Gasteiger partial charge in [-0.05, 0) is 6.92 Å². The molecule has 0 radical (unpaired) electrons. The molecule has 0 saturated carbocycles. The van der Waals surface area contributed by atoms with E-state index in [1.807, 2.05) is 0 Å². The summed E-state index contributed by atoms with van der Waals surface area (Å²) < 4.78 is 15.7. The fourth-order valence-corrected chi connectivity index (χ4v) is 2.54. The third-order valence-corrected chi connectivity index (χ3v) is 4.06. The number of amides is 2. The minimum Gasteiger partial charge on any atom is -0.457 e. The maximum Gasteiger partial charge on any atom is 0.303 e. The van der Waals surface area contributed by atoms with Crippen LogP contribution in [-0.4, -0.2) is 89.6 Å². The van der Waals surface area contributed by atoms with Crippen LogP contribution in [0.5, 0.6) is 0 Å². The van der Waals surface area contributed by atoms with Crippen LogP contribution in [0.1, 0.15) is 27.7 Å². The average molecular weight is 406 g/mol. The number of rotatable bonds is 9. The van der Waals surface area contributed by atoms with Gasteiger partial charge in [-0.3, -0.25) is 14.4 Å². The maximum absolute atomic E-state index is 12.2. The second-order valence-corrected chi connectivity index (χ2v) is 6.72. The van der Waals surface area contributed by atoms with E-state index in [0.717, 1.165) is 6.92 Å². The lowest BCUT2D eigenvalue weighted by Gasteiger charge is -2.41. The minimum atomic E-state index is -1.61. The summed E-state index contributed by atoms with van der Waals surface area (Å²) in [5.74, 6) is -1.93. The number of nitrogens with one attached hydrogen (secondary N) is 2. The number of ether oxygens (including phenoxy) is 3. The van der Waals surface area contributed by atoms with Gasteiger partial charge in [-0.25, -0.2) is 0 Å². The molecule has 162 valence electrons. The molecule has 1 rings (SSSR count). The molecule has 1 fully saturated rings. The van der Waals surface area contributed by atoms with Crippen LogP contribution < -0.4 is 10.6 Å². The third-order valence-electron chi connectivity index (χ3n) is 4.06. The van der Waals surface area contributed by atoms with Crippen LogP contribution in [0.25, 0.3) is 0 Å². The molecule has 11 heteroatoms. The highest BCUT2D eigenvalue weighted by atomic mass is 16.7. The van der Waals surface area contributed by atoms with Gasteiger partial charge >= 0.3 is 5.97 Å². The topological polar surface area (TPSA) is 164 Å². The molecule has 5 N–H and O–H groups in total. The Balaban J connectivity index is 2.81. The van der Waals surface area contributed by atoms with E-state index >= 15 is 0 Å². The molecule has 2 amide bonds. The normalized spacial score (nSPS) is 28.5. The summed E-state index contributed by atoms with van der Waals surface area (Å²) in [7, 11) is 0. The molecular formula is C17H30N2O9. The summed E-state index contributed by atoms with van der Waals surface area (Å²) in [6.45, 7) is 5.54. The molecule has 5 unspecified atom stereocenters. The van der Waals surface area contributed by atoms with Gasteiger partial charge in [0.15, 0.2) is 12.4 Å². The Kier molecular flexibility index (Phi) is 9.76. The second-order valence-electron chi connectivity index (χ2n) is 6.72. The molecule has 11 nitrogen and oxygen atoms in total. The molecule has 0 spiro atoms. The standard InChI is InChI=1S/C17H30N2O9/c1-5-18-16(25)10(19-15(24)8(2)3)7-26-17-13(23)12(22)14(27-9(4)21)11(6-20)28-17/h8,10-14,17,20,22-23H,5-7H2,1-4H3,(H,18,25)(H,19,24)/t10-,11?,12?,13?,14?,17?/m0/s1. The van der Waals surface area contributed by atoms with Crippen molar-refractivity contribution in [1.29, 1.82) is 0 Å². The summed E-state index contributed by atoms with van der Waals surface area (Å²) >= 11 is 0. The van der Waals surface area contributed by atoms with Crippen molar-refractivity contribution in [3.05, 3.63) is 0 Å². The predicted molar refractivity (Wildman–Crippen MR) is 94.7 cm³/mol. The average Bonchev–Trinajstić information content (AvgIpc) is 2.63. The molecule has 1 aliphatic heterocycles. The molecule has 28 heavy (non-hydrogen) atoms. The molecule has 0 aliphatic carbocycles. The second kappa shape index (κ2) is 11.3. The van der Waals surface area contributed by atoms with Crippen molar-refractivity contribution in [2.24, 2.45) is 5.92 Å². The largest absolute Gasteiger partial charge is 0.457 e. The lowest BCUT2D eigenvalue weighted by Crippen LogP contribution is -2.61. The number of aliphatic hydroxyl groups is 3. The van der Waals surface area contributed by atoms with E-state index in [1.165, 1.54) is 0 Å². The van der Waals surface area contributed by atoms with Gasteiger partial charge in [0.2, 0.25) is 11.8 Å². The first kappa shape index (κ1) is 24.2. The number of likely N-dealkylation sites (N-methyl/N-ethyl adjacent to an activating group) is 1. The van der Waals surface area contributed by atoms with Crippen LogP contribution in [-0.2, 0) is 28.6 Å². The summed E-state index contributed by atoms with van der Waals surface area (Å²) in [5.41, 5.74) is 0. The molecule has 0 bridgehead atoms. The van der Waals surface area contributed by atoms with Crippen molar-refractivity contribution in [2.75, 3.05) is 19.8 Å². The van der Waals surface area contributed by atoms with E-state index in [2.05, 4.69) is 10.6 Å². The molecule has 0 aromatic heterocycles. The number of aliphatic hydroxyl groups excluding tert-OH is 3. The molecule has 0 aromatic rings. The monoisotopic (exact) mass is 406 g/mol. The van der Waals surface area contributed by atoms with E-state index in [-0.39, 0.29) is 18.4 Å². The van der Waals surface area contributed by atoms with Gasteiger partial charge in [-0.15, -0.1) is 0 Å². The lowest BCUT2D eigenvalue weighted by atomic mass is 9.99. The number of esters is 1. The van der Waals surface area contributed by atoms with E-state index in [1.54, 1.807) is 20.8 Å². The Morgan fingerprint density at radius 3 is 2.29 bits per heavy atom. The molecule has 1 saturated heterocycles. The van der Waals surface area contributed by atoms with E-state index < -0.39 is 55.2 Å². The van der Waals surface area contributed by atoms with E-state index in [9.17, 15) is 29.7 Å². The van der Waals surface area contributed by atoms with E-state index in [0.29, 0.717) is 6.54 Å². The maximum atomic E-state index is 12.2. The summed E-state index contributed by atoms with van der Waals surface area (Å²) in [6.07, 6.45) is -7.01. The van der Waals surface area contributed by atoms with Gasteiger partial charge in [-0.1, -0.05) is 13.8 Å². The number of carbonyl (C=O) groups excluding carboxylic acids is 3. The Bertz CT molecular complexity index is 541. The van der Waals surface area contributed by atoms with Crippen molar-refractivity contribution in [3.8, 4) is 0 Å². The van der Waals surface area contributed by atoms with Gasteiger partial charge in [0, 0.05) is 19.4 Å². The SMILES string of the molecule is CCNC(=O)[C@H](COC1OC(CO)C(OC(C)=O)C(O)C1O)NC(=O)C(C)C. The Hall–Kier alpha value is -1.79. The zero-order valence-electron chi connectivity index (χ0n) is 16.5. The first-order chi connectivity index (χ1) is 13.1. The zero-order valence-corrected chi connectivity index (χ0v) is 16.5. The van der Waals surface area contributed by atoms with Crippen molar-refractivity contribution in [1.82, 2.24) is 10.6 Å². The first-order valence-corrected chi connectivity index (χ1v) is 9.11. The van der Waals surface area contributed by atoms with Gasteiger partial charge in [0.05, 0.1) is 13.2 Å². The van der Waals surface area contributed by atoms with Crippen LogP contribution in [0.2, 0.25) is 0 Å². The molecule has 1 heterocycles. The van der Waals surface area contributed by atoms with Crippen LogP contribution >= 0.6 is 0 Å². The Morgan fingerprint density at radius 2 is 1.79 bits per heavy atom. The van der Waals surface area contributed by atoms with Crippen LogP contribution in [0.15, 0.2) is 0 Å². The van der Waals surface area contributed by atoms with Crippen molar-refractivity contribution in [2.45, 2.75) is 64.4 Å². The molecule has 0 aromatic carbocycles. The molecule has 6 atom stereocenters. The summed E-state index contributed by atoms with van der Waals surface area (Å²) in [6, 6.07) is -1.05. The predicted octanol–water partition coefficient (Wildman–Crippen LogP) is -2.35. The van der Waals surface area contributed by atoms with E-state index in [4.69, 9.17) is 14.2 Å². The highest BCUT2D eigenvalue weighted by Gasteiger charge is 2.47.